The van der Waals surface area contributed by atoms with Gasteiger partial charge >= 0.3 is 0 Å². The second-order valence-corrected chi connectivity index (χ2v) is 8.08. The molecule has 0 amide bonds. The van der Waals surface area contributed by atoms with E-state index in [0.29, 0.717) is 23.5 Å². The van der Waals surface area contributed by atoms with Gasteiger partial charge in [0.1, 0.15) is 12.4 Å². The molecule has 1 aromatic rings. The minimum absolute atomic E-state index is 0.188. The summed E-state index contributed by atoms with van der Waals surface area (Å²) in [4.78, 5) is 2.59. The summed E-state index contributed by atoms with van der Waals surface area (Å²) in [7, 11) is 1.74. The second-order valence-electron chi connectivity index (χ2n) is 5.57. The van der Waals surface area contributed by atoms with Crippen LogP contribution in [0, 0.1) is 13.8 Å². The fourth-order valence-corrected chi connectivity index (χ4v) is 4.47. The van der Waals surface area contributed by atoms with Crippen LogP contribution in [0.25, 0.3) is 0 Å². The van der Waals surface area contributed by atoms with Crippen LogP contribution >= 0.6 is 10.7 Å². The molecule has 1 heterocycles. The fourth-order valence-electron chi connectivity index (χ4n) is 2.85. The van der Waals surface area contributed by atoms with Crippen molar-refractivity contribution in [3.63, 3.8) is 0 Å². The standard InChI is InChI=1S/C15H22ClNO3S/c1-12-10-14(11-13(2)15(12)21(16,18)19)20-9-8-17-6-4-3-5-7-17/h10-11H,3-9H2,1-2H3. The molecule has 0 N–H and O–H groups in total. The van der Waals surface area contributed by atoms with Crippen LogP contribution in [0.5, 0.6) is 5.75 Å². The predicted molar refractivity (Wildman–Crippen MR) is 84.7 cm³/mol. The number of likely N-dealkylation sites (tertiary alicyclic amines) is 1. The van der Waals surface area contributed by atoms with Crippen LogP contribution in [0.15, 0.2) is 17.0 Å². The molecule has 0 aromatic heterocycles. The summed E-state index contributed by atoms with van der Waals surface area (Å²) in [5.74, 6) is 0.700. The molecular formula is C15H22ClNO3S. The van der Waals surface area contributed by atoms with E-state index >= 15 is 0 Å². The zero-order valence-corrected chi connectivity index (χ0v) is 14.1. The van der Waals surface area contributed by atoms with Crippen molar-refractivity contribution < 1.29 is 13.2 Å². The number of hydrogen-bond donors (Lipinski definition) is 0. The Morgan fingerprint density at radius 2 is 1.71 bits per heavy atom. The van der Waals surface area contributed by atoms with E-state index < -0.39 is 9.05 Å². The number of hydrogen-bond acceptors (Lipinski definition) is 4. The third-order valence-electron chi connectivity index (χ3n) is 3.80. The largest absolute Gasteiger partial charge is 0.492 e. The minimum Gasteiger partial charge on any atom is -0.492 e. The van der Waals surface area contributed by atoms with E-state index in [4.69, 9.17) is 15.4 Å². The number of benzene rings is 1. The summed E-state index contributed by atoms with van der Waals surface area (Å²) in [6.07, 6.45) is 3.85. The SMILES string of the molecule is Cc1cc(OCCN2CCCCC2)cc(C)c1S(=O)(=O)Cl. The Hall–Kier alpha value is -0.780. The number of piperidine rings is 1. The molecule has 0 spiro atoms. The van der Waals surface area contributed by atoms with Crippen molar-refractivity contribution in [1.29, 1.82) is 0 Å². The van der Waals surface area contributed by atoms with Crippen LogP contribution in [-0.2, 0) is 9.05 Å². The van der Waals surface area contributed by atoms with Crippen LogP contribution in [0.1, 0.15) is 30.4 Å². The highest BCUT2D eigenvalue weighted by Gasteiger charge is 2.18. The highest BCUT2D eigenvalue weighted by atomic mass is 35.7. The molecule has 1 aliphatic heterocycles. The van der Waals surface area contributed by atoms with Gasteiger partial charge in [-0.15, -0.1) is 0 Å². The first-order chi connectivity index (χ1) is 9.88. The van der Waals surface area contributed by atoms with Crippen molar-refractivity contribution in [2.24, 2.45) is 0 Å². The van der Waals surface area contributed by atoms with Crippen molar-refractivity contribution in [2.75, 3.05) is 26.2 Å². The maximum absolute atomic E-state index is 11.5. The van der Waals surface area contributed by atoms with Gasteiger partial charge in [0.05, 0.1) is 4.90 Å². The Bertz CT molecular complexity index is 572. The van der Waals surface area contributed by atoms with E-state index in [2.05, 4.69) is 4.90 Å². The Labute approximate surface area is 131 Å². The van der Waals surface area contributed by atoms with Gasteiger partial charge in [-0.3, -0.25) is 4.90 Å². The average Bonchev–Trinajstić information content (AvgIpc) is 2.37. The molecule has 0 unspecified atom stereocenters. The zero-order chi connectivity index (χ0) is 15.5. The van der Waals surface area contributed by atoms with E-state index in [0.717, 1.165) is 19.6 Å². The molecule has 2 rings (SSSR count). The molecule has 6 heteroatoms. The molecular weight excluding hydrogens is 310 g/mol. The van der Waals surface area contributed by atoms with E-state index in [-0.39, 0.29) is 4.90 Å². The number of nitrogens with zero attached hydrogens (tertiary/aromatic N) is 1. The minimum atomic E-state index is -3.71. The number of aryl methyl sites for hydroxylation is 2. The van der Waals surface area contributed by atoms with Gasteiger partial charge in [-0.25, -0.2) is 8.42 Å². The lowest BCUT2D eigenvalue weighted by molar-refractivity contribution is 0.183. The topological polar surface area (TPSA) is 46.6 Å². The average molecular weight is 332 g/mol. The summed E-state index contributed by atoms with van der Waals surface area (Å²) < 4.78 is 28.8. The quantitative estimate of drug-likeness (QED) is 0.778. The number of rotatable bonds is 5. The summed E-state index contributed by atoms with van der Waals surface area (Å²) >= 11 is 0. The molecule has 4 nitrogen and oxygen atoms in total. The lowest BCUT2D eigenvalue weighted by atomic mass is 10.1. The molecule has 1 aliphatic rings. The molecule has 21 heavy (non-hydrogen) atoms. The molecule has 1 saturated heterocycles. The molecule has 1 aromatic carbocycles. The smallest absolute Gasteiger partial charge is 0.261 e. The summed E-state index contributed by atoms with van der Waals surface area (Å²) in [6.45, 7) is 7.29. The van der Waals surface area contributed by atoms with Crippen LogP contribution in [0.2, 0.25) is 0 Å². The Morgan fingerprint density at radius 1 is 1.14 bits per heavy atom. The third kappa shape index (κ3) is 4.59. The maximum Gasteiger partial charge on any atom is 0.261 e. The van der Waals surface area contributed by atoms with Crippen LogP contribution in [0.3, 0.4) is 0 Å². The monoisotopic (exact) mass is 331 g/mol. The second kappa shape index (κ2) is 6.99. The van der Waals surface area contributed by atoms with Crippen molar-refractivity contribution in [1.82, 2.24) is 4.90 Å². The van der Waals surface area contributed by atoms with Crippen molar-refractivity contribution in [3.05, 3.63) is 23.3 Å². The Balaban J connectivity index is 1.98. The molecule has 0 bridgehead atoms. The van der Waals surface area contributed by atoms with Crippen LogP contribution in [0.4, 0.5) is 0 Å². The first kappa shape index (κ1) is 16.6. The normalized spacial score (nSPS) is 16.9. The van der Waals surface area contributed by atoms with Gasteiger partial charge in [0.25, 0.3) is 9.05 Å². The maximum atomic E-state index is 11.5. The molecule has 0 saturated carbocycles. The first-order valence-corrected chi connectivity index (χ1v) is 9.60. The highest BCUT2D eigenvalue weighted by molar-refractivity contribution is 8.13. The van der Waals surface area contributed by atoms with Gasteiger partial charge in [0, 0.05) is 17.2 Å². The number of ether oxygens (including phenoxy) is 1. The molecule has 0 aliphatic carbocycles. The molecule has 0 radical (unpaired) electrons. The third-order valence-corrected chi connectivity index (χ3v) is 5.40. The lowest BCUT2D eigenvalue weighted by Gasteiger charge is -2.26. The van der Waals surface area contributed by atoms with Gasteiger partial charge in [0.2, 0.25) is 0 Å². The van der Waals surface area contributed by atoms with Gasteiger partial charge in [0.15, 0.2) is 0 Å². The van der Waals surface area contributed by atoms with E-state index in [1.54, 1.807) is 26.0 Å². The van der Waals surface area contributed by atoms with Gasteiger partial charge in [-0.1, -0.05) is 6.42 Å². The van der Waals surface area contributed by atoms with Gasteiger partial charge in [-0.05, 0) is 63.0 Å². The molecule has 0 atom stereocenters. The lowest BCUT2D eigenvalue weighted by Crippen LogP contribution is -2.33. The predicted octanol–water partition coefficient (Wildman–Crippen LogP) is 3.10. The van der Waals surface area contributed by atoms with Crippen molar-refractivity contribution in [2.45, 2.75) is 38.0 Å². The van der Waals surface area contributed by atoms with Gasteiger partial charge < -0.3 is 4.74 Å². The van der Waals surface area contributed by atoms with Gasteiger partial charge in [-0.2, -0.15) is 0 Å². The van der Waals surface area contributed by atoms with E-state index in [1.165, 1.54) is 19.3 Å². The zero-order valence-electron chi connectivity index (χ0n) is 12.6. The Morgan fingerprint density at radius 3 is 2.24 bits per heavy atom. The van der Waals surface area contributed by atoms with Crippen molar-refractivity contribution in [3.8, 4) is 5.75 Å². The summed E-state index contributed by atoms with van der Waals surface area (Å²) in [6, 6.07) is 3.47. The molecule has 118 valence electrons. The summed E-state index contributed by atoms with van der Waals surface area (Å²) in [5, 5.41) is 0. The van der Waals surface area contributed by atoms with Crippen molar-refractivity contribution >= 4 is 19.7 Å². The highest BCUT2D eigenvalue weighted by Crippen LogP contribution is 2.28. The summed E-state index contributed by atoms with van der Waals surface area (Å²) in [5.41, 5.74) is 1.25. The van der Waals surface area contributed by atoms with E-state index in [9.17, 15) is 8.42 Å². The molecule has 1 fully saturated rings. The van der Waals surface area contributed by atoms with Crippen LogP contribution in [-0.4, -0.2) is 39.6 Å². The first-order valence-electron chi connectivity index (χ1n) is 7.29. The fraction of sp³-hybridized carbons (Fsp3) is 0.600. The number of halogens is 1. The Kier molecular flexibility index (Phi) is 5.52. The van der Waals surface area contributed by atoms with Crippen LogP contribution < -0.4 is 4.74 Å². The van der Waals surface area contributed by atoms with E-state index in [1.807, 2.05) is 0 Å².